The molecular formula is C19H16N2O3S2. The number of aliphatic carboxylic acids is 1. The number of carbonyl (C=O) groups is 2. The summed E-state index contributed by atoms with van der Waals surface area (Å²) in [5.41, 5.74) is 2.89. The Morgan fingerprint density at radius 1 is 1.27 bits per heavy atom. The first-order valence-corrected chi connectivity index (χ1v) is 9.86. The number of carboxylic acid groups (broad SMARTS) is 1. The molecule has 0 radical (unpaired) electrons. The Morgan fingerprint density at radius 2 is 2.08 bits per heavy atom. The van der Waals surface area contributed by atoms with E-state index < -0.39 is 11.2 Å². The maximum Gasteiger partial charge on any atom is 0.305 e. The van der Waals surface area contributed by atoms with Gasteiger partial charge in [-0.25, -0.2) is 4.98 Å². The highest BCUT2D eigenvalue weighted by molar-refractivity contribution is 8.01. The van der Waals surface area contributed by atoms with Gasteiger partial charge in [0.1, 0.15) is 5.01 Å². The zero-order valence-corrected chi connectivity index (χ0v) is 15.6. The van der Waals surface area contributed by atoms with Gasteiger partial charge >= 0.3 is 5.97 Å². The van der Waals surface area contributed by atoms with Gasteiger partial charge in [-0.2, -0.15) is 0 Å². The molecule has 1 aliphatic rings. The predicted molar refractivity (Wildman–Crippen MR) is 104 cm³/mol. The van der Waals surface area contributed by atoms with E-state index in [0.717, 1.165) is 31.4 Å². The van der Waals surface area contributed by atoms with Gasteiger partial charge < -0.3 is 10.0 Å². The molecule has 2 aromatic carbocycles. The van der Waals surface area contributed by atoms with Crippen LogP contribution in [0.25, 0.3) is 10.2 Å². The molecule has 4 rings (SSSR count). The summed E-state index contributed by atoms with van der Waals surface area (Å²) in [6, 6.07) is 13.7. The Morgan fingerprint density at radius 3 is 2.88 bits per heavy atom. The Balaban J connectivity index is 1.70. The topological polar surface area (TPSA) is 70.5 Å². The van der Waals surface area contributed by atoms with Crippen molar-refractivity contribution in [2.75, 3.05) is 4.90 Å². The lowest BCUT2D eigenvalue weighted by molar-refractivity contribution is -0.138. The summed E-state index contributed by atoms with van der Waals surface area (Å²) in [4.78, 5) is 31.3. The van der Waals surface area contributed by atoms with Gasteiger partial charge in [0.25, 0.3) is 0 Å². The lowest BCUT2D eigenvalue weighted by atomic mass is 10.2. The van der Waals surface area contributed by atoms with Gasteiger partial charge in [-0.3, -0.25) is 9.59 Å². The fourth-order valence-electron chi connectivity index (χ4n) is 3.01. The molecule has 0 fully saturated rings. The van der Waals surface area contributed by atoms with Crippen LogP contribution in [-0.4, -0.2) is 27.2 Å². The molecule has 26 heavy (non-hydrogen) atoms. The van der Waals surface area contributed by atoms with E-state index >= 15 is 0 Å². The van der Waals surface area contributed by atoms with E-state index in [1.165, 1.54) is 11.8 Å². The second-order valence-corrected chi connectivity index (χ2v) is 8.54. The number of hydrogen-bond donors (Lipinski definition) is 1. The molecule has 0 aliphatic carbocycles. The lowest BCUT2D eigenvalue weighted by Crippen LogP contribution is -2.41. The van der Waals surface area contributed by atoms with Crippen LogP contribution >= 0.6 is 23.1 Å². The van der Waals surface area contributed by atoms with Crippen molar-refractivity contribution in [3.63, 3.8) is 0 Å². The van der Waals surface area contributed by atoms with Crippen molar-refractivity contribution in [2.45, 2.75) is 30.0 Å². The number of nitrogens with zero attached hydrogens (tertiary/aromatic N) is 2. The summed E-state index contributed by atoms with van der Waals surface area (Å²) in [6.07, 6.45) is -0.187. The molecule has 1 unspecified atom stereocenters. The highest BCUT2D eigenvalue weighted by Crippen LogP contribution is 2.41. The van der Waals surface area contributed by atoms with E-state index in [1.54, 1.807) is 16.2 Å². The maximum absolute atomic E-state index is 12.9. The third kappa shape index (κ3) is 3.20. The Hall–Kier alpha value is -2.38. The van der Waals surface area contributed by atoms with Gasteiger partial charge in [-0.1, -0.05) is 18.2 Å². The number of aromatic nitrogens is 1. The van der Waals surface area contributed by atoms with Crippen molar-refractivity contribution >= 4 is 50.9 Å². The maximum atomic E-state index is 12.9. The molecule has 3 aromatic rings. The quantitative estimate of drug-likeness (QED) is 0.734. The van der Waals surface area contributed by atoms with E-state index in [4.69, 9.17) is 5.11 Å². The molecule has 1 N–H and O–H groups in total. The number of rotatable bonds is 4. The normalized spacial score (nSPS) is 16.7. The number of aryl methyl sites for hydroxylation is 1. The van der Waals surface area contributed by atoms with Gasteiger partial charge in [0.05, 0.1) is 34.1 Å². The Bertz CT molecular complexity index is 1010. The fourth-order valence-corrected chi connectivity index (χ4v) is 5.17. The van der Waals surface area contributed by atoms with E-state index in [1.807, 2.05) is 49.4 Å². The zero-order valence-electron chi connectivity index (χ0n) is 14.0. The van der Waals surface area contributed by atoms with Gasteiger partial charge in [-0.05, 0) is 36.8 Å². The monoisotopic (exact) mass is 384 g/mol. The average Bonchev–Trinajstić information content (AvgIpc) is 2.99. The molecule has 0 saturated heterocycles. The average molecular weight is 384 g/mol. The first-order valence-electron chi connectivity index (χ1n) is 8.16. The molecule has 7 heteroatoms. The van der Waals surface area contributed by atoms with Gasteiger partial charge in [0.2, 0.25) is 5.91 Å². The number of carboxylic acids is 1. The number of thiazole rings is 1. The second kappa shape index (κ2) is 6.74. The number of carbonyl (C=O) groups excluding carboxylic acids is 1. The third-order valence-corrected chi connectivity index (χ3v) is 6.48. The minimum Gasteiger partial charge on any atom is -0.481 e. The highest BCUT2D eigenvalue weighted by atomic mass is 32.2. The SMILES string of the molecule is Cc1ccc2sc(CN3C(=O)C(CC(=O)O)Sc4ccccc43)nc2c1. The van der Waals surface area contributed by atoms with Crippen molar-refractivity contribution in [1.29, 1.82) is 0 Å². The van der Waals surface area contributed by atoms with Crippen LogP contribution in [0.4, 0.5) is 5.69 Å². The summed E-state index contributed by atoms with van der Waals surface area (Å²) < 4.78 is 1.08. The number of para-hydroxylation sites is 1. The smallest absolute Gasteiger partial charge is 0.305 e. The Labute approximate surface area is 158 Å². The van der Waals surface area contributed by atoms with E-state index in [-0.39, 0.29) is 12.3 Å². The summed E-state index contributed by atoms with van der Waals surface area (Å²) in [6.45, 7) is 2.38. The molecule has 132 valence electrons. The first kappa shape index (κ1) is 17.1. The van der Waals surface area contributed by atoms with Crippen LogP contribution in [0.2, 0.25) is 0 Å². The van der Waals surface area contributed by atoms with Crippen LogP contribution in [0.15, 0.2) is 47.4 Å². The predicted octanol–water partition coefficient (Wildman–Crippen LogP) is 4.09. The summed E-state index contributed by atoms with van der Waals surface area (Å²) >= 11 is 2.89. The first-order chi connectivity index (χ1) is 12.5. The number of anilines is 1. The molecule has 1 aromatic heterocycles. The molecule has 1 atom stereocenters. The number of thioether (sulfide) groups is 1. The minimum absolute atomic E-state index is 0.175. The fraction of sp³-hybridized carbons (Fsp3) is 0.211. The van der Waals surface area contributed by atoms with Gasteiger partial charge in [-0.15, -0.1) is 23.1 Å². The number of fused-ring (bicyclic) bond motifs is 2. The van der Waals surface area contributed by atoms with Crippen LogP contribution in [-0.2, 0) is 16.1 Å². The molecule has 1 aliphatic heterocycles. The standard InChI is InChI=1S/C19H16N2O3S2/c1-11-6-7-14-12(8-11)20-17(26-14)10-21-13-4-2-3-5-15(13)25-16(19(21)24)9-18(22)23/h2-8,16H,9-10H2,1H3,(H,22,23). The van der Waals surface area contributed by atoms with Crippen molar-refractivity contribution in [3.8, 4) is 0 Å². The van der Waals surface area contributed by atoms with Crippen LogP contribution in [0, 0.1) is 6.92 Å². The van der Waals surface area contributed by atoms with Crippen LogP contribution < -0.4 is 4.90 Å². The lowest BCUT2D eigenvalue weighted by Gasteiger charge is -2.32. The van der Waals surface area contributed by atoms with Crippen LogP contribution in [0.1, 0.15) is 17.0 Å². The van der Waals surface area contributed by atoms with E-state index in [9.17, 15) is 9.59 Å². The van der Waals surface area contributed by atoms with Crippen molar-refractivity contribution in [1.82, 2.24) is 4.98 Å². The molecule has 5 nitrogen and oxygen atoms in total. The molecule has 2 heterocycles. The molecule has 0 spiro atoms. The number of benzene rings is 2. The molecule has 0 bridgehead atoms. The molecular weight excluding hydrogens is 368 g/mol. The largest absolute Gasteiger partial charge is 0.481 e. The van der Waals surface area contributed by atoms with Gasteiger partial charge in [0, 0.05) is 4.90 Å². The van der Waals surface area contributed by atoms with Crippen molar-refractivity contribution in [3.05, 3.63) is 53.0 Å². The zero-order chi connectivity index (χ0) is 18.3. The van der Waals surface area contributed by atoms with Crippen molar-refractivity contribution in [2.24, 2.45) is 0 Å². The van der Waals surface area contributed by atoms with Gasteiger partial charge in [0.15, 0.2) is 0 Å². The highest BCUT2D eigenvalue weighted by Gasteiger charge is 2.35. The van der Waals surface area contributed by atoms with E-state index in [2.05, 4.69) is 4.98 Å². The Kier molecular flexibility index (Phi) is 4.42. The summed E-state index contributed by atoms with van der Waals surface area (Å²) in [7, 11) is 0. The third-order valence-electron chi connectivity index (χ3n) is 4.21. The molecule has 1 amide bonds. The van der Waals surface area contributed by atoms with Crippen molar-refractivity contribution < 1.29 is 14.7 Å². The number of amides is 1. The summed E-state index contributed by atoms with van der Waals surface area (Å²) in [5, 5.41) is 9.36. The van der Waals surface area contributed by atoms with Crippen LogP contribution in [0.3, 0.4) is 0 Å². The number of hydrogen-bond acceptors (Lipinski definition) is 5. The molecule has 0 saturated carbocycles. The van der Waals surface area contributed by atoms with E-state index in [0.29, 0.717) is 6.54 Å². The minimum atomic E-state index is -0.967. The second-order valence-electron chi connectivity index (χ2n) is 6.18. The summed E-state index contributed by atoms with van der Waals surface area (Å²) in [5.74, 6) is -1.14. The van der Waals surface area contributed by atoms with Crippen LogP contribution in [0.5, 0.6) is 0 Å².